The van der Waals surface area contributed by atoms with E-state index in [1.807, 2.05) is 40.2 Å². The zero-order chi connectivity index (χ0) is 18.8. The van der Waals surface area contributed by atoms with E-state index in [-0.39, 0.29) is 18.1 Å². The maximum atomic E-state index is 13.0. The number of nitrogens with zero attached hydrogens (tertiary/aromatic N) is 2. The minimum absolute atomic E-state index is 0.169. The van der Waals surface area contributed by atoms with Gasteiger partial charge in [-0.1, -0.05) is 12.1 Å². The standard InChI is InChI=1S/C20H16FN3O2S/c1-26-17-4-2-3-13(9-17)18-11-24-16(12-27-20(24)23-18)10-19(25)22-15-7-5-14(21)6-8-15/h2-9,11-12H,10H2,1H3,(H,22,25). The van der Waals surface area contributed by atoms with Crippen molar-refractivity contribution in [3.8, 4) is 17.0 Å². The Hall–Kier alpha value is -3.19. The molecule has 136 valence electrons. The van der Waals surface area contributed by atoms with Crippen LogP contribution >= 0.6 is 11.3 Å². The van der Waals surface area contributed by atoms with Gasteiger partial charge in [-0.15, -0.1) is 11.3 Å². The van der Waals surface area contributed by atoms with Crippen LogP contribution in [0.1, 0.15) is 5.69 Å². The number of ether oxygens (including phenoxy) is 1. The second kappa shape index (κ2) is 7.20. The van der Waals surface area contributed by atoms with Gasteiger partial charge >= 0.3 is 0 Å². The lowest BCUT2D eigenvalue weighted by atomic mass is 10.1. The van der Waals surface area contributed by atoms with E-state index in [1.165, 1.54) is 35.6 Å². The number of amides is 1. The number of rotatable bonds is 5. The largest absolute Gasteiger partial charge is 0.497 e. The Balaban J connectivity index is 1.55. The van der Waals surface area contributed by atoms with Crippen LogP contribution in [-0.2, 0) is 11.2 Å². The fraction of sp³-hybridized carbons (Fsp3) is 0.100. The number of thiazole rings is 1. The number of carbonyl (C=O) groups excluding carboxylic acids is 1. The maximum Gasteiger partial charge on any atom is 0.230 e. The fourth-order valence-electron chi connectivity index (χ4n) is 2.78. The van der Waals surface area contributed by atoms with Gasteiger partial charge in [-0.3, -0.25) is 9.20 Å². The number of methoxy groups -OCH3 is 1. The highest BCUT2D eigenvalue weighted by atomic mass is 32.1. The molecule has 0 aliphatic rings. The monoisotopic (exact) mass is 381 g/mol. The van der Waals surface area contributed by atoms with Crippen LogP contribution < -0.4 is 10.1 Å². The minimum atomic E-state index is -0.337. The Bertz CT molecular complexity index is 1100. The Kier molecular flexibility index (Phi) is 4.60. The summed E-state index contributed by atoms with van der Waals surface area (Å²) in [6.45, 7) is 0. The molecule has 0 unspecified atom stereocenters. The lowest BCUT2D eigenvalue weighted by Crippen LogP contribution is -2.15. The van der Waals surface area contributed by atoms with Crippen molar-refractivity contribution in [2.24, 2.45) is 0 Å². The van der Waals surface area contributed by atoms with E-state index in [0.29, 0.717) is 5.69 Å². The van der Waals surface area contributed by atoms with Crippen LogP contribution in [0.3, 0.4) is 0 Å². The van der Waals surface area contributed by atoms with Gasteiger partial charge in [-0.05, 0) is 36.4 Å². The summed E-state index contributed by atoms with van der Waals surface area (Å²) in [4.78, 5) is 17.8. The van der Waals surface area contributed by atoms with Crippen LogP contribution in [0.25, 0.3) is 16.2 Å². The molecule has 0 saturated carbocycles. The molecule has 0 bridgehead atoms. The van der Waals surface area contributed by atoms with Crippen molar-refractivity contribution in [1.29, 1.82) is 0 Å². The number of fused-ring (bicyclic) bond motifs is 1. The van der Waals surface area contributed by atoms with Crippen LogP contribution in [0.2, 0.25) is 0 Å². The van der Waals surface area contributed by atoms with Gasteiger partial charge in [0.05, 0.1) is 19.2 Å². The van der Waals surface area contributed by atoms with Crippen molar-refractivity contribution >= 4 is 27.9 Å². The molecule has 0 fully saturated rings. The summed E-state index contributed by atoms with van der Waals surface area (Å²) >= 11 is 1.48. The molecule has 7 heteroatoms. The van der Waals surface area contributed by atoms with Crippen molar-refractivity contribution in [2.45, 2.75) is 6.42 Å². The minimum Gasteiger partial charge on any atom is -0.497 e. The number of anilines is 1. The number of hydrogen-bond donors (Lipinski definition) is 1. The summed E-state index contributed by atoms with van der Waals surface area (Å²) in [6, 6.07) is 13.4. The zero-order valence-corrected chi connectivity index (χ0v) is 15.3. The van der Waals surface area contributed by atoms with E-state index in [9.17, 15) is 9.18 Å². The summed E-state index contributed by atoms with van der Waals surface area (Å²) in [5, 5.41) is 4.69. The second-order valence-corrected chi connectivity index (χ2v) is 6.81. The van der Waals surface area contributed by atoms with Crippen molar-refractivity contribution in [2.75, 3.05) is 12.4 Å². The van der Waals surface area contributed by atoms with E-state index < -0.39 is 0 Å². The second-order valence-electron chi connectivity index (χ2n) is 5.97. The summed E-state index contributed by atoms with van der Waals surface area (Å²) in [7, 11) is 1.63. The first-order chi connectivity index (χ1) is 13.1. The molecular formula is C20H16FN3O2S. The summed E-state index contributed by atoms with van der Waals surface area (Å²) in [6.07, 6.45) is 2.12. The predicted octanol–water partition coefficient (Wildman–Crippen LogP) is 4.39. The molecule has 5 nitrogen and oxygen atoms in total. The molecule has 0 aliphatic carbocycles. The molecule has 0 aliphatic heterocycles. The fourth-order valence-corrected chi connectivity index (χ4v) is 3.65. The Morgan fingerprint density at radius 1 is 1.26 bits per heavy atom. The van der Waals surface area contributed by atoms with Gasteiger partial charge in [0.15, 0.2) is 4.96 Å². The molecule has 4 aromatic rings. The number of benzene rings is 2. The highest BCUT2D eigenvalue weighted by molar-refractivity contribution is 7.15. The lowest BCUT2D eigenvalue weighted by molar-refractivity contribution is -0.115. The maximum absolute atomic E-state index is 13.0. The third-order valence-corrected chi connectivity index (χ3v) is 5.01. The molecule has 1 amide bonds. The van der Waals surface area contributed by atoms with Gasteiger partial charge < -0.3 is 10.1 Å². The quantitative estimate of drug-likeness (QED) is 0.558. The number of hydrogen-bond acceptors (Lipinski definition) is 4. The number of carbonyl (C=O) groups is 1. The highest BCUT2D eigenvalue weighted by Gasteiger charge is 2.13. The lowest BCUT2D eigenvalue weighted by Gasteiger charge is -2.04. The first-order valence-corrected chi connectivity index (χ1v) is 9.15. The summed E-state index contributed by atoms with van der Waals surface area (Å²) in [5.74, 6) is 0.261. The molecule has 0 spiro atoms. The number of aromatic nitrogens is 2. The summed E-state index contributed by atoms with van der Waals surface area (Å²) in [5.41, 5.74) is 3.18. The van der Waals surface area contributed by atoms with Crippen LogP contribution in [0.5, 0.6) is 5.75 Å². The molecule has 2 aromatic heterocycles. The number of imidazole rings is 1. The van der Waals surface area contributed by atoms with E-state index in [4.69, 9.17) is 4.74 Å². The topological polar surface area (TPSA) is 55.6 Å². The molecule has 0 saturated heterocycles. The van der Waals surface area contributed by atoms with Crippen LogP contribution in [0.4, 0.5) is 10.1 Å². The third kappa shape index (κ3) is 3.68. The number of halogens is 1. The third-order valence-electron chi connectivity index (χ3n) is 4.12. The van der Waals surface area contributed by atoms with Gasteiger partial charge in [0.1, 0.15) is 11.6 Å². The highest BCUT2D eigenvalue weighted by Crippen LogP contribution is 2.26. The van der Waals surface area contributed by atoms with Crippen molar-refractivity contribution in [3.63, 3.8) is 0 Å². The van der Waals surface area contributed by atoms with E-state index in [1.54, 1.807) is 7.11 Å². The normalized spacial score (nSPS) is 10.9. The van der Waals surface area contributed by atoms with E-state index >= 15 is 0 Å². The predicted molar refractivity (Wildman–Crippen MR) is 104 cm³/mol. The molecule has 0 radical (unpaired) electrons. The van der Waals surface area contributed by atoms with Gasteiger partial charge in [-0.25, -0.2) is 9.37 Å². The molecule has 2 aromatic carbocycles. The van der Waals surface area contributed by atoms with Crippen molar-refractivity contribution in [1.82, 2.24) is 9.38 Å². The molecule has 1 N–H and O–H groups in total. The van der Waals surface area contributed by atoms with E-state index in [2.05, 4.69) is 10.3 Å². The van der Waals surface area contributed by atoms with Crippen LogP contribution in [-0.4, -0.2) is 22.4 Å². The smallest absolute Gasteiger partial charge is 0.230 e. The van der Waals surface area contributed by atoms with Crippen molar-refractivity contribution in [3.05, 3.63) is 71.6 Å². The summed E-state index contributed by atoms with van der Waals surface area (Å²) < 4.78 is 20.1. The van der Waals surface area contributed by atoms with Crippen LogP contribution in [0.15, 0.2) is 60.1 Å². The first kappa shape index (κ1) is 17.2. The van der Waals surface area contributed by atoms with Gasteiger partial charge in [0.25, 0.3) is 0 Å². The van der Waals surface area contributed by atoms with Crippen LogP contribution in [0, 0.1) is 5.82 Å². The Labute approximate surface area is 159 Å². The average Bonchev–Trinajstić information content (AvgIpc) is 3.26. The van der Waals surface area contributed by atoms with E-state index in [0.717, 1.165) is 27.7 Å². The SMILES string of the molecule is COc1cccc(-c2cn3c(CC(=O)Nc4ccc(F)cc4)csc3n2)c1. The van der Waals surface area contributed by atoms with Gasteiger partial charge in [0.2, 0.25) is 5.91 Å². The Morgan fingerprint density at radius 2 is 2.07 bits per heavy atom. The van der Waals surface area contributed by atoms with Crippen molar-refractivity contribution < 1.29 is 13.9 Å². The number of nitrogens with one attached hydrogen (secondary N) is 1. The zero-order valence-electron chi connectivity index (χ0n) is 14.5. The Morgan fingerprint density at radius 3 is 2.85 bits per heavy atom. The molecule has 0 atom stereocenters. The molecule has 4 rings (SSSR count). The van der Waals surface area contributed by atoms with Gasteiger partial charge in [0, 0.05) is 28.5 Å². The first-order valence-electron chi connectivity index (χ1n) is 8.28. The molecule has 27 heavy (non-hydrogen) atoms. The molecular weight excluding hydrogens is 365 g/mol. The average molecular weight is 381 g/mol. The molecule has 2 heterocycles. The van der Waals surface area contributed by atoms with Gasteiger partial charge in [-0.2, -0.15) is 0 Å².